The highest BCUT2D eigenvalue weighted by atomic mass is 19.4. The summed E-state index contributed by atoms with van der Waals surface area (Å²) in [6, 6.07) is 1.06. The van der Waals surface area contributed by atoms with E-state index in [-0.39, 0.29) is 0 Å². The molecule has 0 heterocycles. The summed E-state index contributed by atoms with van der Waals surface area (Å²) in [5.41, 5.74) is -14.0. The molecule has 12 heteroatoms. The van der Waals surface area contributed by atoms with Gasteiger partial charge in [-0.1, -0.05) is 0 Å². The molecule has 0 aliphatic rings. The summed E-state index contributed by atoms with van der Waals surface area (Å²) in [6.45, 7) is 0. The molecular formula is C11F10N2. The highest BCUT2D eigenvalue weighted by Crippen LogP contribution is 2.49. The van der Waals surface area contributed by atoms with E-state index in [0.29, 0.717) is 12.1 Å². The minimum absolute atomic E-state index is 0.504. The smallest absolute Gasteiger partial charge is 0.205 e. The number of halogens is 10. The molecule has 0 unspecified atom stereocenters. The van der Waals surface area contributed by atoms with Crippen LogP contribution in [0.3, 0.4) is 0 Å². The van der Waals surface area contributed by atoms with Crippen LogP contribution in [0, 0.1) is 28.5 Å². The third-order valence-electron chi connectivity index (χ3n) is 2.51. The van der Waals surface area contributed by atoms with Gasteiger partial charge in [0.15, 0.2) is 5.82 Å². The second-order valence-corrected chi connectivity index (χ2v) is 3.91. The van der Waals surface area contributed by atoms with Gasteiger partial charge in [0, 0.05) is 0 Å². The predicted octanol–water partition coefficient (Wildman–Crippen LogP) is 4.63. The Bertz CT molecular complexity index is 724. The van der Waals surface area contributed by atoms with Crippen LogP contribution in [0.1, 0.15) is 27.8 Å². The van der Waals surface area contributed by atoms with E-state index in [2.05, 4.69) is 0 Å². The van der Waals surface area contributed by atoms with Crippen LogP contribution in [-0.2, 0) is 18.5 Å². The molecule has 0 saturated carbocycles. The third kappa shape index (κ3) is 3.16. The maximum absolute atomic E-state index is 13.6. The molecule has 1 aromatic carbocycles. The van der Waals surface area contributed by atoms with Gasteiger partial charge in [-0.05, 0) is 0 Å². The molecule has 0 aliphatic heterocycles. The molecule has 0 aliphatic carbocycles. The van der Waals surface area contributed by atoms with Gasteiger partial charge < -0.3 is 0 Å². The minimum atomic E-state index is -6.28. The van der Waals surface area contributed by atoms with Crippen molar-refractivity contribution in [1.29, 1.82) is 10.5 Å². The first-order chi connectivity index (χ1) is 10.2. The van der Waals surface area contributed by atoms with E-state index in [1.165, 1.54) is 0 Å². The van der Waals surface area contributed by atoms with Crippen LogP contribution >= 0.6 is 0 Å². The summed E-state index contributed by atoms with van der Waals surface area (Å²) in [6.07, 6.45) is -18.6. The lowest BCUT2D eigenvalue weighted by Gasteiger charge is -2.23. The van der Waals surface area contributed by atoms with Crippen molar-refractivity contribution in [2.45, 2.75) is 18.5 Å². The van der Waals surface area contributed by atoms with Crippen LogP contribution in [0.15, 0.2) is 0 Å². The lowest BCUT2D eigenvalue weighted by Crippen LogP contribution is -2.27. The fourth-order valence-corrected chi connectivity index (χ4v) is 1.77. The molecule has 2 nitrogen and oxygen atoms in total. The Hall–Kier alpha value is -2.50. The fourth-order valence-electron chi connectivity index (χ4n) is 1.77. The average molecular weight is 350 g/mol. The molecule has 1 rings (SSSR count). The molecule has 0 aromatic heterocycles. The van der Waals surface area contributed by atoms with Crippen LogP contribution < -0.4 is 0 Å². The molecule has 0 atom stereocenters. The number of benzene rings is 1. The van der Waals surface area contributed by atoms with Crippen LogP contribution in [-0.4, -0.2) is 0 Å². The Morgan fingerprint density at radius 3 is 1.17 bits per heavy atom. The maximum atomic E-state index is 13.6. The van der Waals surface area contributed by atoms with Gasteiger partial charge in [-0.15, -0.1) is 0 Å². The predicted molar refractivity (Wildman–Crippen MR) is 50.8 cm³/mol. The van der Waals surface area contributed by atoms with E-state index in [1.54, 1.807) is 0 Å². The number of nitriles is 2. The first-order valence-electron chi connectivity index (χ1n) is 5.09. The summed E-state index contributed by atoms with van der Waals surface area (Å²) < 4.78 is 128. The molecule has 0 fully saturated rings. The highest BCUT2D eigenvalue weighted by molar-refractivity contribution is 5.60. The zero-order chi connectivity index (χ0) is 18.4. The average Bonchev–Trinajstić information content (AvgIpc) is 2.32. The van der Waals surface area contributed by atoms with Gasteiger partial charge in [-0.25, -0.2) is 4.39 Å². The van der Waals surface area contributed by atoms with E-state index >= 15 is 0 Å². The standard InChI is InChI=1S/C11F10N2/c12-8-4(2-23)3(1-22)5(9(13,14)15)6(10(16,17)18)7(8)11(19,20)21. The molecule has 1 aromatic rings. The molecule has 0 spiro atoms. The van der Waals surface area contributed by atoms with Gasteiger partial charge in [0.1, 0.15) is 23.3 Å². The molecule has 0 radical (unpaired) electrons. The molecule has 0 amide bonds. The molecule has 23 heavy (non-hydrogen) atoms. The largest absolute Gasteiger partial charge is 0.419 e. The summed E-state index contributed by atoms with van der Waals surface area (Å²) in [5, 5.41) is 16.9. The number of nitrogens with zero attached hydrogens (tertiary/aromatic N) is 2. The van der Waals surface area contributed by atoms with Gasteiger partial charge in [0.05, 0.1) is 16.7 Å². The van der Waals surface area contributed by atoms with Crippen molar-refractivity contribution in [3.8, 4) is 12.1 Å². The summed E-state index contributed by atoms with van der Waals surface area (Å²) in [4.78, 5) is 0. The monoisotopic (exact) mass is 350 g/mol. The first-order valence-corrected chi connectivity index (χ1v) is 5.09. The van der Waals surface area contributed by atoms with Crippen LogP contribution in [0.2, 0.25) is 0 Å². The summed E-state index contributed by atoms with van der Waals surface area (Å²) in [5.74, 6) is -2.89. The first kappa shape index (κ1) is 18.5. The van der Waals surface area contributed by atoms with Crippen molar-refractivity contribution >= 4 is 0 Å². The Morgan fingerprint density at radius 1 is 0.565 bits per heavy atom. The van der Waals surface area contributed by atoms with Gasteiger partial charge in [0.2, 0.25) is 0 Å². The van der Waals surface area contributed by atoms with Gasteiger partial charge in [-0.2, -0.15) is 50.0 Å². The molecule has 0 saturated heterocycles. The van der Waals surface area contributed by atoms with Crippen molar-refractivity contribution in [2.24, 2.45) is 0 Å². The Labute approximate surface area is 120 Å². The lowest BCUT2D eigenvalue weighted by molar-refractivity contribution is -0.176. The Kier molecular flexibility index (Phi) is 4.27. The SMILES string of the molecule is N#Cc1c(F)c(C(F)(F)F)c(C(F)(F)F)c(C(F)(F)F)c1C#N. The summed E-state index contributed by atoms with van der Waals surface area (Å²) in [7, 11) is 0. The van der Waals surface area contributed by atoms with Gasteiger partial charge >= 0.3 is 18.5 Å². The number of hydrogen-bond donors (Lipinski definition) is 0. The van der Waals surface area contributed by atoms with Crippen molar-refractivity contribution in [3.05, 3.63) is 33.6 Å². The van der Waals surface area contributed by atoms with Gasteiger partial charge in [-0.3, -0.25) is 0 Å². The lowest BCUT2D eigenvalue weighted by atomic mass is 9.90. The van der Waals surface area contributed by atoms with Crippen molar-refractivity contribution in [2.75, 3.05) is 0 Å². The van der Waals surface area contributed by atoms with Crippen LogP contribution in [0.4, 0.5) is 43.9 Å². The second kappa shape index (κ2) is 5.30. The molecule has 0 bridgehead atoms. The topological polar surface area (TPSA) is 47.6 Å². The zero-order valence-electron chi connectivity index (χ0n) is 10.2. The van der Waals surface area contributed by atoms with E-state index in [9.17, 15) is 43.9 Å². The van der Waals surface area contributed by atoms with Crippen molar-refractivity contribution < 1.29 is 43.9 Å². The quantitative estimate of drug-likeness (QED) is 0.641. The summed E-state index contributed by atoms with van der Waals surface area (Å²) >= 11 is 0. The van der Waals surface area contributed by atoms with E-state index in [4.69, 9.17) is 10.5 Å². The Morgan fingerprint density at radius 2 is 0.913 bits per heavy atom. The van der Waals surface area contributed by atoms with Crippen molar-refractivity contribution in [1.82, 2.24) is 0 Å². The molecular weight excluding hydrogens is 350 g/mol. The highest BCUT2D eigenvalue weighted by Gasteiger charge is 2.54. The fraction of sp³-hybridized carbons (Fsp3) is 0.273. The van der Waals surface area contributed by atoms with E-state index in [0.717, 1.165) is 0 Å². The molecule has 0 N–H and O–H groups in total. The number of rotatable bonds is 0. The second-order valence-electron chi connectivity index (χ2n) is 3.91. The Balaban J connectivity index is 4.35. The normalized spacial score (nSPS) is 12.7. The minimum Gasteiger partial charge on any atom is -0.205 e. The van der Waals surface area contributed by atoms with Crippen molar-refractivity contribution in [3.63, 3.8) is 0 Å². The maximum Gasteiger partial charge on any atom is 0.419 e. The van der Waals surface area contributed by atoms with E-state index in [1.807, 2.05) is 0 Å². The van der Waals surface area contributed by atoms with Gasteiger partial charge in [0.25, 0.3) is 0 Å². The molecule has 124 valence electrons. The third-order valence-corrected chi connectivity index (χ3v) is 2.51. The zero-order valence-corrected chi connectivity index (χ0v) is 10.2. The number of alkyl halides is 9. The van der Waals surface area contributed by atoms with Crippen LogP contribution in [0.25, 0.3) is 0 Å². The van der Waals surface area contributed by atoms with Crippen LogP contribution in [0.5, 0.6) is 0 Å². The number of hydrogen-bond acceptors (Lipinski definition) is 2. The van der Waals surface area contributed by atoms with E-state index < -0.39 is 52.2 Å².